The maximum Gasteiger partial charge on any atom is 0.338 e. The van der Waals surface area contributed by atoms with Crippen LogP contribution < -0.4 is 4.74 Å². The Morgan fingerprint density at radius 1 is 1.33 bits per heavy atom. The van der Waals surface area contributed by atoms with Crippen molar-refractivity contribution in [3.05, 3.63) is 28.4 Å². The third kappa shape index (κ3) is 2.51. The zero-order valence-electron chi connectivity index (χ0n) is 10.3. The van der Waals surface area contributed by atoms with E-state index in [1.54, 1.807) is 18.2 Å². The van der Waals surface area contributed by atoms with Crippen molar-refractivity contribution in [2.45, 2.75) is 20.0 Å². The summed E-state index contributed by atoms with van der Waals surface area (Å²) in [5.41, 5.74) is 1.01. The van der Waals surface area contributed by atoms with E-state index in [4.69, 9.17) is 13.9 Å². The average Bonchev–Trinajstić information content (AvgIpc) is 2.66. The number of hydrogen-bond acceptors (Lipinski definition) is 4. The van der Waals surface area contributed by atoms with Crippen LogP contribution in [0.15, 0.2) is 27.3 Å². The molecule has 0 bridgehead atoms. The highest BCUT2D eigenvalue weighted by atomic mass is 79.9. The summed E-state index contributed by atoms with van der Waals surface area (Å²) in [4.78, 5) is 11.7. The lowest BCUT2D eigenvalue weighted by molar-refractivity contribution is 0.0602. The van der Waals surface area contributed by atoms with Gasteiger partial charge < -0.3 is 13.9 Å². The van der Waals surface area contributed by atoms with Crippen LogP contribution in [-0.4, -0.2) is 19.2 Å². The Morgan fingerprint density at radius 3 is 2.67 bits per heavy atom. The van der Waals surface area contributed by atoms with E-state index >= 15 is 0 Å². The summed E-state index contributed by atoms with van der Waals surface area (Å²) in [6, 6.07) is 5.16. The molecule has 0 fully saturated rings. The molecule has 2 aromatic rings. The predicted molar refractivity (Wildman–Crippen MR) is 71.0 cm³/mol. The van der Waals surface area contributed by atoms with Crippen LogP contribution in [0.4, 0.5) is 0 Å². The van der Waals surface area contributed by atoms with Gasteiger partial charge in [0.2, 0.25) is 0 Å². The number of ether oxygens (including phenoxy) is 2. The molecule has 96 valence electrons. The molecule has 0 unspecified atom stereocenters. The molecule has 1 heterocycles. The van der Waals surface area contributed by atoms with Gasteiger partial charge in [-0.2, -0.15) is 0 Å². The molecule has 4 nitrogen and oxygen atoms in total. The lowest BCUT2D eigenvalue weighted by atomic mass is 10.1. The third-order valence-electron chi connectivity index (χ3n) is 2.36. The topological polar surface area (TPSA) is 48.7 Å². The summed E-state index contributed by atoms with van der Waals surface area (Å²) in [6.07, 6.45) is 0.0198. The number of carbonyl (C=O) groups is 1. The molecule has 0 atom stereocenters. The number of hydrogen-bond donors (Lipinski definition) is 0. The molecule has 0 saturated carbocycles. The molecule has 0 aliphatic carbocycles. The molecule has 0 N–H and O–H groups in total. The average molecular weight is 313 g/mol. The van der Waals surface area contributed by atoms with Crippen molar-refractivity contribution in [2.24, 2.45) is 0 Å². The minimum Gasteiger partial charge on any atom is -0.491 e. The molecular weight excluding hydrogens is 300 g/mol. The minimum atomic E-state index is -0.414. The van der Waals surface area contributed by atoms with Gasteiger partial charge in [0.15, 0.2) is 4.67 Å². The van der Waals surface area contributed by atoms with E-state index in [0.29, 0.717) is 27.0 Å². The Hall–Kier alpha value is -1.49. The molecule has 1 aromatic carbocycles. The van der Waals surface area contributed by atoms with Gasteiger partial charge in [-0.15, -0.1) is 0 Å². The van der Waals surface area contributed by atoms with Crippen molar-refractivity contribution in [1.82, 2.24) is 0 Å². The number of esters is 1. The summed E-state index contributed by atoms with van der Waals surface area (Å²) in [5.74, 6) is 0.169. The quantitative estimate of drug-likeness (QED) is 0.809. The first-order chi connectivity index (χ1) is 8.51. The first kappa shape index (κ1) is 13.0. The van der Waals surface area contributed by atoms with E-state index in [1.807, 2.05) is 13.8 Å². The smallest absolute Gasteiger partial charge is 0.338 e. The second-order valence-electron chi connectivity index (χ2n) is 4.09. The molecule has 2 rings (SSSR count). The van der Waals surface area contributed by atoms with Crippen molar-refractivity contribution in [3.63, 3.8) is 0 Å². The Labute approximate surface area is 113 Å². The van der Waals surface area contributed by atoms with Crippen LogP contribution in [0.3, 0.4) is 0 Å². The molecule has 5 heteroatoms. The van der Waals surface area contributed by atoms with Crippen molar-refractivity contribution in [3.8, 4) is 5.75 Å². The molecular formula is C13H13BrO4. The highest BCUT2D eigenvalue weighted by Crippen LogP contribution is 2.31. The van der Waals surface area contributed by atoms with Gasteiger partial charge in [0.1, 0.15) is 11.3 Å². The van der Waals surface area contributed by atoms with Crippen molar-refractivity contribution < 1.29 is 18.7 Å². The van der Waals surface area contributed by atoms with Crippen LogP contribution in [0.2, 0.25) is 0 Å². The van der Waals surface area contributed by atoms with Gasteiger partial charge in [0.05, 0.1) is 18.8 Å². The zero-order chi connectivity index (χ0) is 13.3. The molecule has 0 radical (unpaired) electrons. The molecule has 18 heavy (non-hydrogen) atoms. The van der Waals surface area contributed by atoms with Crippen LogP contribution in [0.5, 0.6) is 5.75 Å². The number of fused-ring (bicyclic) bond motifs is 1. The van der Waals surface area contributed by atoms with Gasteiger partial charge in [-0.1, -0.05) is 0 Å². The third-order valence-corrected chi connectivity index (χ3v) is 2.75. The highest BCUT2D eigenvalue weighted by Gasteiger charge is 2.16. The van der Waals surface area contributed by atoms with Crippen molar-refractivity contribution in [1.29, 1.82) is 0 Å². The summed E-state index contributed by atoms with van der Waals surface area (Å²) >= 11 is 3.25. The fourth-order valence-electron chi connectivity index (χ4n) is 1.70. The lowest BCUT2D eigenvalue weighted by Gasteiger charge is -2.10. The predicted octanol–water partition coefficient (Wildman–Crippen LogP) is 3.77. The van der Waals surface area contributed by atoms with Gasteiger partial charge in [-0.05, 0) is 41.9 Å². The maximum atomic E-state index is 11.7. The first-order valence-corrected chi connectivity index (χ1v) is 6.28. The van der Waals surface area contributed by atoms with E-state index in [2.05, 4.69) is 15.9 Å². The molecule has 0 saturated heterocycles. The Balaban J connectivity index is 2.60. The Morgan fingerprint density at radius 2 is 2.06 bits per heavy atom. The van der Waals surface area contributed by atoms with Gasteiger partial charge in [-0.3, -0.25) is 0 Å². The Kier molecular flexibility index (Phi) is 3.61. The van der Waals surface area contributed by atoms with E-state index in [-0.39, 0.29) is 6.10 Å². The SMILES string of the molecule is COC(=O)c1cc(OC(C)C)cc2oc(Br)cc12. The van der Waals surface area contributed by atoms with Gasteiger partial charge >= 0.3 is 5.97 Å². The molecule has 0 amide bonds. The second kappa shape index (κ2) is 5.02. The normalized spacial score (nSPS) is 10.9. The van der Waals surface area contributed by atoms with E-state index in [0.717, 1.165) is 0 Å². The Bertz CT molecular complexity index is 586. The van der Waals surface area contributed by atoms with Crippen LogP contribution in [0.25, 0.3) is 11.0 Å². The zero-order valence-corrected chi connectivity index (χ0v) is 11.9. The van der Waals surface area contributed by atoms with Gasteiger partial charge in [0, 0.05) is 11.5 Å². The number of furan rings is 1. The molecule has 0 aliphatic rings. The van der Waals surface area contributed by atoms with Crippen LogP contribution in [-0.2, 0) is 4.74 Å². The van der Waals surface area contributed by atoms with Crippen molar-refractivity contribution >= 4 is 32.9 Å². The van der Waals surface area contributed by atoms with Crippen LogP contribution >= 0.6 is 15.9 Å². The van der Waals surface area contributed by atoms with Crippen LogP contribution in [0.1, 0.15) is 24.2 Å². The standard InChI is InChI=1S/C13H13BrO4/c1-7(2)17-8-4-10(13(15)16-3)9-6-12(14)18-11(9)5-8/h4-7H,1-3H3. The van der Waals surface area contributed by atoms with Gasteiger partial charge in [0.25, 0.3) is 0 Å². The minimum absolute atomic E-state index is 0.0198. The fourth-order valence-corrected chi connectivity index (χ4v) is 2.11. The second-order valence-corrected chi connectivity index (χ2v) is 4.87. The number of rotatable bonds is 3. The van der Waals surface area contributed by atoms with Gasteiger partial charge in [-0.25, -0.2) is 4.79 Å². The molecule has 0 spiro atoms. The van der Waals surface area contributed by atoms with E-state index in [1.165, 1.54) is 7.11 Å². The number of halogens is 1. The summed E-state index contributed by atoms with van der Waals surface area (Å²) < 4.78 is 16.4. The number of carbonyl (C=O) groups excluding carboxylic acids is 1. The highest BCUT2D eigenvalue weighted by molar-refractivity contribution is 9.10. The molecule has 1 aromatic heterocycles. The molecule has 0 aliphatic heterocycles. The van der Waals surface area contributed by atoms with Crippen molar-refractivity contribution in [2.75, 3.05) is 7.11 Å². The summed E-state index contributed by atoms with van der Waals surface area (Å²) in [5, 5.41) is 0.699. The van der Waals surface area contributed by atoms with E-state index < -0.39 is 5.97 Å². The largest absolute Gasteiger partial charge is 0.491 e. The number of benzene rings is 1. The summed E-state index contributed by atoms with van der Waals surface area (Å²) in [6.45, 7) is 3.83. The maximum absolute atomic E-state index is 11.7. The number of methoxy groups -OCH3 is 1. The van der Waals surface area contributed by atoms with E-state index in [9.17, 15) is 4.79 Å². The van der Waals surface area contributed by atoms with Crippen LogP contribution in [0, 0.1) is 0 Å². The lowest BCUT2D eigenvalue weighted by Crippen LogP contribution is -2.07. The monoisotopic (exact) mass is 312 g/mol. The first-order valence-electron chi connectivity index (χ1n) is 5.49. The fraction of sp³-hybridized carbons (Fsp3) is 0.308. The summed E-state index contributed by atoms with van der Waals surface area (Å²) in [7, 11) is 1.35.